The standard InChI is InChI=1S/C11H15IN2O2/c12-10-3-1-9(2-4-10)7-14-5-6-16-8-11(13)15/h1-4,14H,5-8H2,(H2,13,15). The van der Waals surface area contributed by atoms with E-state index >= 15 is 0 Å². The topological polar surface area (TPSA) is 64.4 Å². The summed E-state index contributed by atoms with van der Waals surface area (Å²) in [5, 5.41) is 3.22. The summed E-state index contributed by atoms with van der Waals surface area (Å²) in [7, 11) is 0. The van der Waals surface area contributed by atoms with Crippen molar-refractivity contribution in [2.24, 2.45) is 5.73 Å². The molecule has 88 valence electrons. The Morgan fingerprint density at radius 3 is 2.69 bits per heavy atom. The van der Waals surface area contributed by atoms with Gasteiger partial charge < -0.3 is 15.8 Å². The molecule has 3 N–H and O–H groups in total. The normalized spacial score (nSPS) is 10.3. The average Bonchev–Trinajstić information content (AvgIpc) is 2.25. The van der Waals surface area contributed by atoms with E-state index in [2.05, 4.69) is 52.2 Å². The minimum atomic E-state index is -0.433. The van der Waals surface area contributed by atoms with Gasteiger partial charge in [-0.2, -0.15) is 0 Å². The predicted octanol–water partition coefficient (Wildman–Crippen LogP) is 0.883. The fourth-order valence-electron chi connectivity index (χ4n) is 1.15. The van der Waals surface area contributed by atoms with Gasteiger partial charge in [-0.1, -0.05) is 12.1 Å². The van der Waals surface area contributed by atoms with Crippen molar-refractivity contribution in [3.05, 3.63) is 33.4 Å². The van der Waals surface area contributed by atoms with E-state index in [1.54, 1.807) is 0 Å². The van der Waals surface area contributed by atoms with Crippen molar-refractivity contribution in [2.45, 2.75) is 6.54 Å². The van der Waals surface area contributed by atoms with Crippen LogP contribution in [0.3, 0.4) is 0 Å². The second-order valence-corrected chi connectivity index (χ2v) is 4.57. The number of hydrogen-bond donors (Lipinski definition) is 2. The highest BCUT2D eigenvalue weighted by Gasteiger charge is 1.95. The van der Waals surface area contributed by atoms with Crippen LogP contribution in [0.5, 0.6) is 0 Å². The minimum absolute atomic E-state index is 0.00872. The molecule has 0 aliphatic rings. The van der Waals surface area contributed by atoms with Gasteiger partial charge in [0.25, 0.3) is 0 Å². The first-order chi connectivity index (χ1) is 7.68. The summed E-state index contributed by atoms with van der Waals surface area (Å²) in [5.74, 6) is -0.433. The fraction of sp³-hybridized carbons (Fsp3) is 0.364. The Labute approximate surface area is 109 Å². The van der Waals surface area contributed by atoms with Gasteiger partial charge >= 0.3 is 0 Å². The third kappa shape index (κ3) is 6.04. The number of halogens is 1. The SMILES string of the molecule is NC(=O)COCCNCc1ccc(I)cc1. The summed E-state index contributed by atoms with van der Waals surface area (Å²) in [6.45, 7) is 1.99. The van der Waals surface area contributed by atoms with Gasteiger partial charge in [0, 0.05) is 16.7 Å². The average molecular weight is 334 g/mol. The van der Waals surface area contributed by atoms with Crippen LogP contribution in [0.1, 0.15) is 5.56 Å². The third-order valence-corrected chi connectivity index (χ3v) is 2.63. The number of rotatable bonds is 7. The Bertz CT molecular complexity index is 327. The number of nitrogens with one attached hydrogen (secondary N) is 1. The number of nitrogens with two attached hydrogens (primary N) is 1. The summed E-state index contributed by atoms with van der Waals surface area (Å²) >= 11 is 2.27. The number of benzene rings is 1. The zero-order valence-corrected chi connectivity index (χ0v) is 11.1. The Morgan fingerprint density at radius 2 is 2.06 bits per heavy atom. The van der Waals surface area contributed by atoms with Crippen LogP contribution in [0, 0.1) is 3.57 Å². The molecule has 0 fully saturated rings. The molecule has 16 heavy (non-hydrogen) atoms. The largest absolute Gasteiger partial charge is 0.370 e. The van der Waals surface area contributed by atoms with Gasteiger partial charge in [0.1, 0.15) is 6.61 Å². The summed E-state index contributed by atoms with van der Waals surface area (Å²) < 4.78 is 6.24. The molecule has 1 aromatic carbocycles. The van der Waals surface area contributed by atoms with E-state index in [4.69, 9.17) is 10.5 Å². The zero-order valence-electron chi connectivity index (χ0n) is 8.91. The first-order valence-electron chi connectivity index (χ1n) is 4.99. The van der Waals surface area contributed by atoms with Crippen LogP contribution in [-0.4, -0.2) is 25.7 Å². The van der Waals surface area contributed by atoms with Gasteiger partial charge in [-0.05, 0) is 40.3 Å². The number of ether oxygens (including phenoxy) is 1. The molecule has 0 aromatic heterocycles. The molecule has 0 heterocycles. The molecular formula is C11H15IN2O2. The lowest BCUT2D eigenvalue weighted by molar-refractivity contribution is -0.122. The van der Waals surface area contributed by atoms with Crippen molar-refractivity contribution in [3.63, 3.8) is 0 Å². The molecule has 0 radical (unpaired) electrons. The molecule has 0 spiro atoms. The third-order valence-electron chi connectivity index (χ3n) is 1.91. The van der Waals surface area contributed by atoms with Crippen molar-refractivity contribution in [1.82, 2.24) is 5.32 Å². The minimum Gasteiger partial charge on any atom is -0.370 e. The van der Waals surface area contributed by atoms with Gasteiger partial charge in [-0.3, -0.25) is 4.79 Å². The van der Waals surface area contributed by atoms with Crippen molar-refractivity contribution in [1.29, 1.82) is 0 Å². The Hall–Kier alpha value is -0.660. The summed E-state index contributed by atoms with van der Waals surface area (Å²) in [6, 6.07) is 8.31. The quantitative estimate of drug-likeness (QED) is 0.575. The van der Waals surface area contributed by atoms with Crippen LogP contribution in [-0.2, 0) is 16.1 Å². The summed E-state index contributed by atoms with van der Waals surface area (Å²) in [5.41, 5.74) is 6.16. The first-order valence-corrected chi connectivity index (χ1v) is 6.07. The van der Waals surface area contributed by atoms with Gasteiger partial charge in [0.2, 0.25) is 5.91 Å². The first kappa shape index (κ1) is 13.4. The summed E-state index contributed by atoms with van der Waals surface area (Å²) in [4.78, 5) is 10.4. The monoisotopic (exact) mass is 334 g/mol. The highest BCUT2D eigenvalue weighted by atomic mass is 127. The maximum atomic E-state index is 10.4. The van der Waals surface area contributed by atoms with Gasteiger partial charge in [0.05, 0.1) is 6.61 Å². The van der Waals surface area contributed by atoms with E-state index in [0.717, 1.165) is 6.54 Å². The second-order valence-electron chi connectivity index (χ2n) is 3.32. The van der Waals surface area contributed by atoms with Crippen molar-refractivity contribution < 1.29 is 9.53 Å². The Morgan fingerprint density at radius 1 is 1.38 bits per heavy atom. The molecule has 0 bridgehead atoms. The molecule has 0 aliphatic heterocycles. The predicted molar refractivity (Wildman–Crippen MR) is 70.9 cm³/mol. The lowest BCUT2D eigenvalue weighted by atomic mass is 10.2. The van der Waals surface area contributed by atoms with Crippen molar-refractivity contribution in [3.8, 4) is 0 Å². The number of carbonyl (C=O) groups is 1. The van der Waals surface area contributed by atoms with Crippen LogP contribution < -0.4 is 11.1 Å². The lowest BCUT2D eigenvalue weighted by Gasteiger charge is -2.05. The lowest BCUT2D eigenvalue weighted by Crippen LogP contribution is -2.23. The van der Waals surface area contributed by atoms with E-state index in [1.807, 2.05) is 0 Å². The molecule has 1 aromatic rings. The Balaban J connectivity index is 2.07. The number of carbonyl (C=O) groups excluding carboxylic acids is 1. The highest BCUT2D eigenvalue weighted by Crippen LogP contribution is 2.06. The number of hydrogen-bond acceptors (Lipinski definition) is 3. The molecule has 0 aliphatic carbocycles. The van der Waals surface area contributed by atoms with Crippen LogP contribution in [0.15, 0.2) is 24.3 Å². The van der Waals surface area contributed by atoms with Gasteiger partial charge in [-0.25, -0.2) is 0 Å². The van der Waals surface area contributed by atoms with Gasteiger partial charge in [0.15, 0.2) is 0 Å². The number of primary amides is 1. The summed E-state index contributed by atoms with van der Waals surface area (Å²) in [6.07, 6.45) is 0. The molecule has 4 nitrogen and oxygen atoms in total. The maximum absolute atomic E-state index is 10.4. The molecule has 5 heteroatoms. The zero-order chi connectivity index (χ0) is 11.8. The molecule has 0 unspecified atom stereocenters. The molecule has 1 rings (SSSR count). The smallest absolute Gasteiger partial charge is 0.243 e. The highest BCUT2D eigenvalue weighted by molar-refractivity contribution is 14.1. The van der Waals surface area contributed by atoms with Crippen LogP contribution in [0.2, 0.25) is 0 Å². The van der Waals surface area contributed by atoms with E-state index in [-0.39, 0.29) is 6.61 Å². The molecule has 0 atom stereocenters. The van der Waals surface area contributed by atoms with E-state index < -0.39 is 5.91 Å². The molecule has 0 saturated heterocycles. The number of amides is 1. The second kappa shape index (κ2) is 7.59. The van der Waals surface area contributed by atoms with Crippen LogP contribution in [0.25, 0.3) is 0 Å². The molecular weight excluding hydrogens is 319 g/mol. The fourth-order valence-corrected chi connectivity index (χ4v) is 1.51. The molecule has 1 amide bonds. The van der Waals surface area contributed by atoms with Gasteiger partial charge in [-0.15, -0.1) is 0 Å². The van der Waals surface area contributed by atoms with Crippen molar-refractivity contribution in [2.75, 3.05) is 19.8 Å². The van der Waals surface area contributed by atoms with Crippen LogP contribution in [0.4, 0.5) is 0 Å². The van der Waals surface area contributed by atoms with E-state index in [1.165, 1.54) is 9.13 Å². The Kier molecular flexibility index (Phi) is 6.36. The van der Waals surface area contributed by atoms with Crippen LogP contribution >= 0.6 is 22.6 Å². The maximum Gasteiger partial charge on any atom is 0.243 e. The molecule has 0 saturated carbocycles. The van der Waals surface area contributed by atoms with E-state index in [0.29, 0.717) is 13.2 Å². The van der Waals surface area contributed by atoms with E-state index in [9.17, 15) is 4.79 Å². The van der Waals surface area contributed by atoms with Crippen molar-refractivity contribution >= 4 is 28.5 Å².